The fourth-order valence-electron chi connectivity index (χ4n) is 0.971. The lowest BCUT2D eigenvalue weighted by molar-refractivity contribution is -0.166. The molecule has 0 aromatic heterocycles. The van der Waals surface area contributed by atoms with Crippen molar-refractivity contribution < 1.29 is 35.3 Å². The Kier molecular flexibility index (Phi) is 5.82. The summed E-state index contributed by atoms with van der Waals surface area (Å²) in [5, 5.41) is -5.59. The molecule has 0 aliphatic heterocycles. The van der Waals surface area contributed by atoms with Gasteiger partial charge in [-0.1, -0.05) is 6.92 Å². The molecule has 0 saturated heterocycles. The van der Waals surface area contributed by atoms with Crippen LogP contribution in [0.15, 0.2) is 0 Å². The lowest BCUT2D eigenvalue weighted by Gasteiger charge is -2.28. The van der Waals surface area contributed by atoms with Gasteiger partial charge >= 0.3 is 11.2 Å². The van der Waals surface area contributed by atoms with Gasteiger partial charge < -0.3 is 9.29 Å². The van der Waals surface area contributed by atoms with Crippen LogP contribution in [0.4, 0.5) is 17.6 Å². The Bertz CT molecular complexity index is 328. The standard InChI is InChI=1S/C8H14F4O4S/c1-2-5-16-6-3-4-7(9,10)8(11,12)17(13,14)15/h2-6H2,1H3,(H,13,14,15)/p-1. The Balaban J connectivity index is 4.38. The Hall–Kier alpha value is -0.410. The molecule has 0 saturated carbocycles. The summed E-state index contributed by atoms with van der Waals surface area (Å²) in [5.41, 5.74) is 0. The molecule has 104 valence electrons. The summed E-state index contributed by atoms with van der Waals surface area (Å²) in [6.45, 7) is 1.87. The highest BCUT2D eigenvalue weighted by Crippen LogP contribution is 2.41. The second-order valence-corrected chi connectivity index (χ2v) is 4.81. The summed E-state index contributed by atoms with van der Waals surface area (Å²) in [5.74, 6) is -4.89. The molecule has 0 heterocycles. The zero-order valence-electron chi connectivity index (χ0n) is 9.09. The van der Waals surface area contributed by atoms with Gasteiger partial charge in [0.05, 0.1) is 0 Å². The van der Waals surface area contributed by atoms with Crippen LogP contribution in [0.2, 0.25) is 0 Å². The minimum absolute atomic E-state index is 0.196. The molecule has 0 amide bonds. The maximum atomic E-state index is 12.8. The quantitative estimate of drug-likeness (QED) is 0.387. The summed E-state index contributed by atoms with van der Waals surface area (Å²) in [6, 6.07) is 0. The summed E-state index contributed by atoms with van der Waals surface area (Å²) in [7, 11) is -6.38. The van der Waals surface area contributed by atoms with Crippen LogP contribution in [-0.4, -0.2) is 37.4 Å². The molecule has 9 heteroatoms. The van der Waals surface area contributed by atoms with E-state index in [1.54, 1.807) is 6.92 Å². The van der Waals surface area contributed by atoms with Gasteiger partial charge in [-0.2, -0.15) is 17.6 Å². The molecule has 0 radical (unpaired) electrons. The number of hydrogen-bond acceptors (Lipinski definition) is 4. The zero-order valence-corrected chi connectivity index (χ0v) is 9.91. The van der Waals surface area contributed by atoms with Crippen LogP contribution >= 0.6 is 0 Å². The van der Waals surface area contributed by atoms with Crippen molar-refractivity contribution >= 4 is 10.1 Å². The van der Waals surface area contributed by atoms with Crippen molar-refractivity contribution in [3.05, 3.63) is 0 Å². The number of halogens is 4. The SMILES string of the molecule is CCCOCCCC(F)(F)C(F)(F)S(=O)(=O)[O-]. The predicted octanol–water partition coefficient (Wildman–Crippen LogP) is 1.97. The number of ether oxygens (including phenoxy) is 1. The maximum absolute atomic E-state index is 12.8. The summed E-state index contributed by atoms with van der Waals surface area (Å²) < 4.78 is 85.7. The van der Waals surface area contributed by atoms with Gasteiger partial charge in [0.2, 0.25) is 0 Å². The Morgan fingerprint density at radius 3 is 2.12 bits per heavy atom. The van der Waals surface area contributed by atoms with Crippen molar-refractivity contribution in [3.8, 4) is 0 Å². The number of hydrogen-bond donors (Lipinski definition) is 0. The summed E-state index contributed by atoms with van der Waals surface area (Å²) in [6.07, 6.45) is -1.25. The third-order valence-corrected chi connectivity index (χ3v) is 2.79. The monoisotopic (exact) mass is 281 g/mol. The van der Waals surface area contributed by atoms with Gasteiger partial charge in [-0.25, -0.2) is 8.42 Å². The third kappa shape index (κ3) is 4.40. The second kappa shape index (κ2) is 5.96. The van der Waals surface area contributed by atoms with Crippen molar-refractivity contribution in [1.82, 2.24) is 0 Å². The molecular formula is C8H13F4O4S-. The third-order valence-electron chi connectivity index (χ3n) is 1.87. The van der Waals surface area contributed by atoms with E-state index >= 15 is 0 Å². The van der Waals surface area contributed by atoms with Crippen LogP contribution in [0.25, 0.3) is 0 Å². The van der Waals surface area contributed by atoms with Gasteiger partial charge in [-0.15, -0.1) is 0 Å². The molecule has 0 fully saturated rings. The molecular weight excluding hydrogens is 268 g/mol. The molecule has 0 spiro atoms. The first kappa shape index (κ1) is 16.6. The molecule has 4 nitrogen and oxygen atoms in total. The first-order chi connectivity index (χ1) is 7.56. The van der Waals surface area contributed by atoms with E-state index in [0.717, 1.165) is 0 Å². The van der Waals surface area contributed by atoms with Gasteiger partial charge in [0.1, 0.15) is 0 Å². The first-order valence-electron chi connectivity index (χ1n) is 4.85. The lowest BCUT2D eigenvalue weighted by Crippen LogP contribution is -2.46. The lowest BCUT2D eigenvalue weighted by atomic mass is 10.2. The van der Waals surface area contributed by atoms with Crippen molar-refractivity contribution in [1.29, 1.82) is 0 Å². The van der Waals surface area contributed by atoms with Gasteiger partial charge in [0.25, 0.3) is 0 Å². The first-order valence-corrected chi connectivity index (χ1v) is 6.26. The molecule has 0 aromatic carbocycles. The topological polar surface area (TPSA) is 66.4 Å². The van der Waals surface area contributed by atoms with Crippen molar-refractivity contribution in [2.45, 2.75) is 37.4 Å². The molecule has 0 bridgehead atoms. The predicted molar refractivity (Wildman–Crippen MR) is 49.9 cm³/mol. The van der Waals surface area contributed by atoms with Crippen LogP contribution in [0.3, 0.4) is 0 Å². The molecule has 17 heavy (non-hydrogen) atoms. The van der Waals surface area contributed by atoms with Gasteiger partial charge in [-0.05, 0) is 12.8 Å². The number of rotatable bonds is 8. The molecule has 0 unspecified atom stereocenters. The Morgan fingerprint density at radius 2 is 1.71 bits per heavy atom. The largest absolute Gasteiger partial charge is 0.743 e. The molecule has 0 aliphatic carbocycles. The van der Waals surface area contributed by atoms with E-state index in [1.807, 2.05) is 0 Å². The molecule has 0 atom stereocenters. The zero-order chi connectivity index (χ0) is 13.7. The minimum Gasteiger partial charge on any atom is -0.743 e. The highest BCUT2D eigenvalue weighted by Gasteiger charge is 2.60. The van der Waals surface area contributed by atoms with E-state index in [0.29, 0.717) is 13.0 Å². The molecule has 0 rings (SSSR count). The van der Waals surface area contributed by atoms with Crippen LogP contribution in [0, 0.1) is 0 Å². The van der Waals surface area contributed by atoms with Crippen molar-refractivity contribution in [2.75, 3.05) is 13.2 Å². The normalized spacial score (nSPS) is 14.0. The molecule has 0 aromatic rings. The van der Waals surface area contributed by atoms with E-state index in [1.165, 1.54) is 0 Å². The number of alkyl halides is 4. The van der Waals surface area contributed by atoms with Crippen LogP contribution in [0.5, 0.6) is 0 Å². The Labute approximate surface area is 96.7 Å². The van der Waals surface area contributed by atoms with Gasteiger partial charge in [-0.3, -0.25) is 0 Å². The van der Waals surface area contributed by atoms with E-state index < -0.39 is 34.1 Å². The van der Waals surface area contributed by atoms with E-state index in [9.17, 15) is 30.5 Å². The van der Waals surface area contributed by atoms with Crippen LogP contribution < -0.4 is 0 Å². The van der Waals surface area contributed by atoms with Crippen molar-refractivity contribution in [2.24, 2.45) is 0 Å². The highest BCUT2D eigenvalue weighted by molar-refractivity contribution is 7.86. The fraction of sp³-hybridized carbons (Fsp3) is 1.00. The van der Waals surface area contributed by atoms with Crippen LogP contribution in [0.1, 0.15) is 26.2 Å². The van der Waals surface area contributed by atoms with E-state index in [2.05, 4.69) is 0 Å². The Morgan fingerprint density at radius 1 is 1.18 bits per heavy atom. The fourth-order valence-corrected chi connectivity index (χ4v) is 1.44. The average Bonchev–Trinajstić information content (AvgIpc) is 2.15. The smallest absolute Gasteiger partial charge is 0.396 e. The minimum atomic E-state index is -6.38. The van der Waals surface area contributed by atoms with Crippen molar-refractivity contribution in [3.63, 3.8) is 0 Å². The average molecular weight is 281 g/mol. The van der Waals surface area contributed by atoms with E-state index in [4.69, 9.17) is 4.74 Å². The maximum Gasteiger partial charge on any atom is 0.396 e. The van der Waals surface area contributed by atoms with Gasteiger partial charge in [0.15, 0.2) is 10.1 Å². The molecule has 0 N–H and O–H groups in total. The summed E-state index contributed by atoms with van der Waals surface area (Å²) in [4.78, 5) is 0. The highest BCUT2D eigenvalue weighted by atomic mass is 32.2. The van der Waals surface area contributed by atoms with Crippen LogP contribution in [-0.2, 0) is 14.9 Å². The summed E-state index contributed by atoms with van der Waals surface area (Å²) >= 11 is 0. The van der Waals surface area contributed by atoms with E-state index in [-0.39, 0.29) is 6.61 Å². The second-order valence-electron chi connectivity index (χ2n) is 3.39. The van der Waals surface area contributed by atoms with Gasteiger partial charge in [0, 0.05) is 19.6 Å². The molecule has 0 aliphatic rings.